The summed E-state index contributed by atoms with van der Waals surface area (Å²) in [4.78, 5) is 0. The first kappa shape index (κ1) is 19.7. The highest BCUT2D eigenvalue weighted by Gasteiger charge is 2.14. The van der Waals surface area contributed by atoms with E-state index in [1.54, 1.807) is 0 Å². The largest absolute Gasteiger partial charge is 0.491 e. The molecule has 2 aromatic rings. The van der Waals surface area contributed by atoms with Crippen molar-refractivity contribution in [1.29, 1.82) is 0 Å². The van der Waals surface area contributed by atoms with E-state index in [4.69, 9.17) is 9.47 Å². The van der Waals surface area contributed by atoms with Gasteiger partial charge in [0.25, 0.3) is 0 Å². The van der Waals surface area contributed by atoms with Gasteiger partial charge in [-0.25, -0.2) is 0 Å². The zero-order valence-electron chi connectivity index (χ0n) is 14.3. The van der Waals surface area contributed by atoms with Gasteiger partial charge < -0.3 is 19.9 Å². The molecule has 0 radical (unpaired) electrons. The van der Waals surface area contributed by atoms with Gasteiger partial charge in [-0.05, 0) is 36.1 Å². The molecule has 0 aliphatic carbocycles. The molecule has 1 unspecified atom stereocenters. The topological polar surface area (TPSA) is 50.7 Å². The van der Waals surface area contributed by atoms with Crippen molar-refractivity contribution >= 4 is 12.4 Å². The van der Waals surface area contributed by atoms with Gasteiger partial charge in [0.2, 0.25) is 0 Å². The molecule has 25 heavy (non-hydrogen) atoms. The Morgan fingerprint density at radius 3 is 2.32 bits per heavy atom. The third-order valence-electron chi connectivity index (χ3n) is 4.27. The predicted octanol–water partition coefficient (Wildman–Crippen LogP) is 3.28. The monoisotopic (exact) mass is 363 g/mol. The maximum atomic E-state index is 10.1. The molecule has 1 aliphatic heterocycles. The van der Waals surface area contributed by atoms with Crippen molar-refractivity contribution in [3.05, 3.63) is 54.6 Å². The van der Waals surface area contributed by atoms with E-state index in [9.17, 15) is 5.11 Å². The van der Waals surface area contributed by atoms with E-state index in [-0.39, 0.29) is 12.4 Å². The summed E-state index contributed by atoms with van der Waals surface area (Å²) in [5.74, 6) is 0.778. The molecule has 1 saturated heterocycles. The van der Waals surface area contributed by atoms with Gasteiger partial charge in [-0.15, -0.1) is 12.4 Å². The van der Waals surface area contributed by atoms with E-state index in [0.29, 0.717) is 19.2 Å². The number of aliphatic hydroxyl groups is 1. The number of hydrogen-bond acceptors (Lipinski definition) is 4. The number of hydrogen-bond donors (Lipinski definition) is 2. The molecular formula is C20H26ClNO3. The van der Waals surface area contributed by atoms with Gasteiger partial charge >= 0.3 is 0 Å². The molecule has 136 valence electrons. The number of halogens is 1. The number of ether oxygens (including phenoxy) is 2. The second-order valence-corrected chi connectivity index (χ2v) is 6.15. The van der Waals surface area contributed by atoms with E-state index in [2.05, 4.69) is 17.4 Å². The first-order chi connectivity index (χ1) is 11.8. The molecule has 2 aromatic carbocycles. The van der Waals surface area contributed by atoms with Gasteiger partial charge in [-0.1, -0.05) is 42.5 Å². The van der Waals surface area contributed by atoms with Crippen LogP contribution >= 0.6 is 12.4 Å². The maximum Gasteiger partial charge on any atom is 0.119 e. The molecular weight excluding hydrogens is 338 g/mol. The van der Waals surface area contributed by atoms with Crippen LogP contribution in [-0.2, 0) is 4.74 Å². The molecule has 0 amide bonds. The quantitative estimate of drug-likeness (QED) is 0.792. The highest BCUT2D eigenvalue weighted by molar-refractivity contribution is 5.85. The zero-order valence-corrected chi connectivity index (χ0v) is 15.1. The Bertz CT molecular complexity index is 600. The van der Waals surface area contributed by atoms with Crippen molar-refractivity contribution in [2.75, 3.05) is 26.4 Å². The molecule has 5 heteroatoms. The Morgan fingerprint density at radius 2 is 1.64 bits per heavy atom. The number of aliphatic hydroxyl groups excluding tert-OH is 1. The van der Waals surface area contributed by atoms with E-state index in [1.807, 2.05) is 42.5 Å². The SMILES string of the molecule is Cl.OC(CNC1CCOCC1)COc1ccc(-c2ccccc2)cc1. The summed E-state index contributed by atoms with van der Waals surface area (Å²) in [5, 5.41) is 13.4. The van der Waals surface area contributed by atoms with Gasteiger partial charge in [0.1, 0.15) is 18.5 Å². The number of benzene rings is 2. The van der Waals surface area contributed by atoms with E-state index in [1.165, 1.54) is 5.56 Å². The molecule has 1 atom stereocenters. The predicted molar refractivity (Wildman–Crippen MR) is 102 cm³/mol. The summed E-state index contributed by atoms with van der Waals surface area (Å²) >= 11 is 0. The lowest BCUT2D eigenvalue weighted by molar-refractivity contribution is 0.0655. The standard InChI is InChI=1S/C20H25NO3.ClH/c22-19(14-21-18-10-12-23-13-11-18)15-24-20-8-6-17(7-9-20)16-4-2-1-3-5-16;/h1-9,18-19,21-22H,10-15H2;1H. The number of rotatable bonds is 7. The third-order valence-corrected chi connectivity index (χ3v) is 4.27. The molecule has 1 fully saturated rings. The van der Waals surface area contributed by atoms with E-state index >= 15 is 0 Å². The van der Waals surface area contributed by atoms with Crippen molar-refractivity contribution in [2.24, 2.45) is 0 Å². The zero-order chi connectivity index (χ0) is 16.6. The lowest BCUT2D eigenvalue weighted by Gasteiger charge is -2.24. The Labute approximate surface area is 155 Å². The van der Waals surface area contributed by atoms with Gasteiger partial charge in [0.15, 0.2) is 0 Å². The maximum absolute atomic E-state index is 10.1. The second kappa shape index (κ2) is 10.4. The fourth-order valence-corrected chi connectivity index (χ4v) is 2.83. The molecule has 1 aliphatic rings. The summed E-state index contributed by atoms with van der Waals surface area (Å²) in [6.07, 6.45) is 1.50. The summed E-state index contributed by atoms with van der Waals surface area (Å²) in [6.45, 7) is 2.45. The minimum absolute atomic E-state index is 0. The lowest BCUT2D eigenvalue weighted by atomic mass is 10.1. The van der Waals surface area contributed by atoms with Crippen LogP contribution in [0.2, 0.25) is 0 Å². The fraction of sp³-hybridized carbons (Fsp3) is 0.400. The Balaban J connectivity index is 0.00000225. The summed E-state index contributed by atoms with van der Waals surface area (Å²) < 4.78 is 11.0. The highest BCUT2D eigenvalue weighted by atomic mass is 35.5. The van der Waals surface area contributed by atoms with Crippen LogP contribution in [0.5, 0.6) is 5.75 Å². The highest BCUT2D eigenvalue weighted by Crippen LogP contribution is 2.22. The van der Waals surface area contributed by atoms with Crippen molar-refractivity contribution in [2.45, 2.75) is 25.0 Å². The molecule has 0 spiro atoms. The Hall–Kier alpha value is -1.59. The van der Waals surface area contributed by atoms with Gasteiger partial charge in [-0.3, -0.25) is 0 Å². The van der Waals surface area contributed by atoms with E-state index in [0.717, 1.165) is 37.4 Å². The number of nitrogens with one attached hydrogen (secondary N) is 1. The van der Waals surface area contributed by atoms with Gasteiger partial charge in [0.05, 0.1) is 0 Å². The first-order valence-electron chi connectivity index (χ1n) is 8.59. The van der Waals surface area contributed by atoms with Crippen LogP contribution in [0.15, 0.2) is 54.6 Å². The second-order valence-electron chi connectivity index (χ2n) is 6.15. The molecule has 2 N–H and O–H groups in total. The fourth-order valence-electron chi connectivity index (χ4n) is 2.83. The van der Waals surface area contributed by atoms with Gasteiger partial charge in [-0.2, -0.15) is 0 Å². The third kappa shape index (κ3) is 6.33. The van der Waals surface area contributed by atoms with Crippen molar-refractivity contribution in [3.63, 3.8) is 0 Å². The first-order valence-corrected chi connectivity index (χ1v) is 8.59. The van der Waals surface area contributed by atoms with E-state index < -0.39 is 6.10 Å². The van der Waals surface area contributed by atoms with Crippen LogP contribution in [0, 0.1) is 0 Å². The van der Waals surface area contributed by atoms with Crippen molar-refractivity contribution < 1.29 is 14.6 Å². The Morgan fingerprint density at radius 1 is 1.00 bits per heavy atom. The summed E-state index contributed by atoms with van der Waals surface area (Å²) in [6, 6.07) is 18.7. The lowest BCUT2D eigenvalue weighted by Crippen LogP contribution is -2.40. The molecule has 3 rings (SSSR count). The van der Waals surface area contributed by atoms with Crippen LogP contribution in [0.1, 0.15) is 12.8 Å². The summed E-state index contributed by atoms with van der Waals surface area (Å²) in [7, 11) is 0. The summed E-state index contributed by atoms with van der Waals surface area (Å²) in [5.41, 5.74) is 2.34. The molecule has 4 nitrogen and oxygen atoms in total. The minimum Gasteiger partial charge on any atom is -0.491 e. The normalized spacial score (nSPS) is 16.0. The van der Waals surface area contributed by atoms with Crippen LogP contribution in [-0.4, -0.2) is 43.6 Å². The molecule has 1 heterocycles. The van der Waals surface area contributed by atoms with Gasteiger partial charge in [0, 0.05) is 25.8 Å². The average molecular weight is 364 g/mol. The Kier molecular flexibility index (Phi) is 8.22. The smallest absolute Gasteiger partial charge is 0.119 e. The van der Waals surface area contributed by atoms with Crippen LogP contribution in [0.4, 0.5) is 0 Å². The molecule has 0 saturated carbocycles. The van der Waals surface area contributed by atoms with Crippen LogP contribution in [0.3, 0.4) is 0 Å². The van der Waals surface area contributed by atoms with Crippen molar-refractivity contribution in [1.82, 2.24) is 5.32 Å². The van der Waals surface area contributed by atoms with Crippen LogP contribution < -0.4 is 10.1 Å². The van der Waals surface area contributed by atoms with Crippen molar-refractivity contribution in [3.8, 4) is 16.9 Å². The molecule has 0 bridgehead atoms. The average Bonchev–Trinajstić information content (AvgIpc) is 2.67. The minimum atomic E-state index is -0.512. The molecule has 0 aromatic heterocycles. The van der Waals surface area contributed by atoms with Crippen LogP contribution in [0.25, 0.3) is 11.1 Å².